The second-order valence-electron chi connectivity index (χ2n) is 5.83. The zero-order valence-electron chi connectivity index (χ0n) is 15.9. The van der Waals surface area contributed by atoms with E-state index in [1.165, 1.54) is 11.9 Å². The highest BCUT2D eigenvalue weighted by molar-refractivity contribution is 5.92. The van der Waals surface area contributed by atoms with Crippen LogP contribution in [0.4, 0.5) is 17.2 Å². The van der Waals surface area contributed by atoms with Gasteiger partial charge in [-0.15, -0.1) is 0 Å². The molecule has 0 spiro atoms. The van der Waals surface area contributed by atoms with Crippen LogP contribution in [0.3, 0.4) is 0 Å². The standard InChI is InChI=1S/C19H27N5O2/c1-5-24(6-2)15-7-8-16(14(3)11-15)23-18-13-21-17(12-22-18)19(25)20-9-10-26-4/h7-8,11-13H,5-6,9-10H2,1-4H3,(H,20,25)(H,22,23). The van der Waals surface area contributed by atoms with Crippen LogP contribution in [0.5, 0.6) is 0 Å². The Morgan fingerprint density at radius 1 is 1.19 bits per heavy atom. The summed E-state index contributed by atoms with van der Waals surface area (Å²) in [6.45, 7) is 9.20. The molecule has 1 heterocycles. The molecule has 0 bridgehead atoms. The van der Waals surface area contributed by atoms with Gasteiger partial charge in [-0.2, -0.15) is 0 Å². The monoisotopic (exact) mass is 357 g/mol. The van der Waals surface area contributed by atoms with Crippen LogP contribution in [-0.2, 0) is 4.74 Å². The van der Waals surface area contributed by atoms with Crippen molar-refractivity contribution < 1.29 is 9.53 Å². The highest BCUT2D eigenvalue weighted by atomic mass is 16.5. The van der Waals surface area contributed by atoms with Crippen LogP contribution < -0.4 is 15.5 Å². The molecule has 2 rings (SSSR count). The van der Waals surface area contributed by atoms with Crippen molar-refractivity contribution in [2.45, 2.75) is 20.8 Å². The lowest BCUT2D eigenvalue weighted by molar-refractivity contribution is 0.0932. The highest BCUT2D eigenvalue weighted by Crippen LogP contribution is 2.24. The topological polar surface area (TPSA) is 79.4 Å². The fraction of sp³-hybridized carbons (Fsp3) is 0.421. The fourth-order valence-electron chi connectivity index (χ4n) is 2.58. The van der Waals surface area contributed by atoms with E-state index in [-0.39, 0.29) is 11.6 Å². The van der Waals surface area contributed by atoms with Gasteiger partial charge in [-0.25, -0.2) is 9.97 Å². The number of methoxy groups -OCH3 is 1. The molecular formula is C19H27N5O2. The number of benzene rings is 1. The van der Waals surface area contributed by atoms with Gasteiger partial charge in [0.2, 0.25) is 0 Å². The Balaban J connectivity index is 2.03. The number of aryl methyl sites for hydroxylation is 1. The van der Waals surface area contributed by atoms with E-state index in [0.717, 1.165) is 24.3 Å². The minimum atomic E-state index is -0.263. The van der Waals surface area contributed by atoms with Crippen LogP contribution in [-0.4, -0.2) is 49.2 Å². The molecular weight excluding hydrogens is 330 g/mol. The molecule has 1 aromatic heterocycles. The predicted molar refractivity (Wildman–Crippen MR) is 104 cm³/mol. The molecule has 7 nitrogen and oxygen atoms in total. The van der Waals surface area contributed by atoms with Crippen molar-refractivity contribution in [2.75, 3.05) is 43.6 Å². The molecule has 0 fully saturated rings. The molecule has 0 aliphatic carbocycles. The quantitative estimate of drug-likeness (QED) is 0.672. The summed E-state index contributed by atoms with van der Waals surface area (Å²) in [7, 11) is 1.59. The van der Waals surface area contributed by atoms with E-state index in [4.69, 9.17) is 4.74 Å². The van der Waals surface area contributed by atoms with E-state index in [2.05, 4.69) is 58.4 Å². The number of carbonyl (C=O) groups excluding carboxylic acids is 1. The molecule has 2 N–H and O–H groups in total. The number of hydrogen-bond donors (Lipinski definition) is 2. The van der Waals surface area contributed by atoms with E-state index in [9.17, 15) is 4.79 Å². The summed E-state index contributed by atoms with van der Waals surface area (Å²) in [5.74, 6) is 0.331. The van der Waals surface area contributed by atoms with Gasteiger partial charge in [0.25, 0.3) is 5.91 Å². The Labute approximate surface area is 154 Å². The van der Waals surface area contributed by atoms with Gasteiger partial charge in [0.05, 0.1) is 19.0 Å². The lowest BCUT2D eigenvalue weighted by atomic mass is 10.1. The summed E-state index contributed by atoms with van der Waals surface area (Å²) in [4.78, 5) is 22.7. The first-order valence-electron chi connectivity index (χ1n) is 8.80. The van der Waals surface area contributed by atoms with Crippen molar-refractivity contribution in [3.63, 3.8) is 0 Å². The summed E-state index contributed by atoms with van der Waals surface area (Å²) in [6.07, 6.45) is 3.02. The van der Waals surface area contributed by atoms with Crippen LogP contribution in [0.1, 0.15) is 29.9 Å². The zero-order chi connectivity index (χ0) is 18.9. The van der Waals surface area contributed by atoms with Crippen molar-refractivity contribution in [3.05, 3.63) is 41.9 Å². The van der Waals surface area contributed by atoms with Gasteiger partial charge in [-0.1, -0.05) is 0 Å². The smallest absolute Gasteiger partial charge is 0.271 e. The van der Waals surface area contributed by atoms with Gasteiger partial charge in [0.15, 0.2) is 0 Å². The van der Waals surface area contributed by atoms with Gasteiger partial charge in [0, 0.05) is 38.1 Å². The number of amides is 1. The first-order valence-corrected chi connectivity index (χ1v) is 8.80. The van der Waals surface area contributed by atoms with Crippen LogP contribution in [0, 0.1) is 6.92 Å². The van der Waals surface area contributed by atoms with E-state index in [1.807, 2.05) is 6.07 Å². The second kappa shape index (κ2) is 9.72. The number of hydrogen-bond acceptors (Lipinski definition) is 6. The number of nitrogens with one attached hydrogen (secondary N) is 2. The summed E-state index contributed by atoms with van der Waals surface area (Å²) in [5.41, 5.74) is 3.57. The minimum absolute atomic E-state index is 0.263. The Bertz CT molecular complexity index is 714. The molecule has 2 aromatic rings. The van der Waals surface area contributed by atoms with Gasteiger partial charge in [-0.05, 0) is 44.5 Å². The first-order chi connectivity index (χ1) is 12.6. The molecule has 26 heavy (non-hydrogen) atoms. The lowest BCUT2D eigenvalue weighted by Gasteiger charge is -2.22. The summed E-state index contributed by atoms with van der Waals surface area (Å²) in [6, 6.07) is 6.28. The summed E-state index contributed by atoms with van der Waals surface area (Å²) >= 11 is 0. The number of rotatable bonds is 9. The van der Waals surface area contributed by atoms with Crippen LogP contribution in [0.25, 0.3) is 0 Å². The summed E-state index contributed by atoms with van der Waals surface area (Å²) in [5, 5.41) is 5.96. The van der Waals surface area contributed by atoms with Gasteiger partial charge < -0.3 is 20.3 Å². The van der Waals surface area contributed by atoms with E-state index >= 15 is 0 Å². The average Bonchev–Trinajstić information content (AvgIpc) is 2.65. The Morgan fingerprint density at radius 3 is 2.54 bits per heavy atom. The van der Waals surface area contributed by atoms with Gasteiger partial charge >= 0.3 is 0 Å². The molecule has 1 aromatic carbocycles. The third kappa shape index (κ3) is 5.16. The number of anilines is 3. The predicted octanol–water partition coefficient (Wildman–Crippen LogP) is 2.75. The molecule has 0 aliphatic rings. The molecule has 0 saturated carbocycles. The lowest BCUT2D eigenvalue weighted by Crippen LogP contribution is -2.27. The molecule has 7 heteroatoms. The SMILES string of the molecule is CCN(CC)c1ccc(Nc2cnc(C(=O)NCCOC)cn2)c(C)c1. The third-order valence-electron chi connectivity index (χ3n) is 4.08. The van der Waals surface area contributed by atoms with Crippen LogP contribution in [0.2, 0.25) is 0 Å². The molecule has 0 aliphatic heterocycles. The number of aromatic nitrogens is 2. The van der Waals surface area contributed by atoms with Crippen molar-refractivity contribution >= 4 is 23.1 Å². The molecule has 1 amide bonds. The maximum atomic E-state index is 11.9. The first kappa shape index (κ1) is 19.7. The third-order valence-corrected chi connectivity index (χ3v) is 4.08. The fourth-order valence-corrected chi connectivity index (χ4v) is 2.58. The largest absolute Gasteiger partial charge is 0.383 e. The normalized spacial score (nSPS) is 10.5. The highest BCUT2D eigenvalue weighted by Gasteiger charge is 2.09. The number of ether oxygens (including phenoxy) is 1. The maximum Gasteiger partial charge on any atom is 0.271 e. The van der Waals surface area contributed by atoms with Crippen molar-refractivity contribution in [1.29, 1.82) is 0 Å². The molecule has 0 radical (unpaired) electrons. The zero-order valence-corrected chi connectivity index (χ0v) is 15.9. The van der Waals surface area contributed by atoms with Crippen molar-refractivity contribution in [3.8, 4) is 0 Å². The van der Waals surface area contributed by atoms with E-state index < -0.39 is 0 Å². The Hall–Kier alpha value is -2.67. The molecule has 0 unspecified atom stereocenters. The van der Waals surface area contributed by atoms with Gasteiger partial charge in [-0.3, -0.25) is 4.79 Å². The second-order valence-corrected chi connectivity index (χ2v) is 5.83. The Morgan fingerprint density at radius 2 is 1.96 bits per heavy atom. The Kier molecular flexibility index (Phi) is 7.35. The summed E-state index contributed by atoms with van der Waals surface area (Å²) < 4.78 is 4.90. The molecule has 0 atom stereocenters. The van der Waals surface area contributed by atoms with Gasteiger partial charge in [0.1, 0.15) is 11.5 Å². The average molecular weight is 357 g/mol. The van der Waals surface area contributed by atoms with Crippen LogP contribution >= 0.6 is 0 Å². The van der Waals surface area contributed by atoms with Crippen LogP contribution in [0.15, 0.2) is 30.6 Å². The molecule has 0 saturated heterocycles. The maximum absolute atomic E-state index is 11.9. The number of carbonyl (C=O) groups is 1. The minimum Gasteiger partial charge on any atom is -0.383 e. The van der Waals surface area contributed by atoms with E-state index in [1.54, 1.807) is 13.3 Å². The van der Waals surface area contributed by atoms with Crippen molar-refractivity contribution in [1.82, 2.24) is 15.3 Å². The van der Waals surface area contributed by atoms with Crippen molar-refractivity contribution in [2.24, 2.45) is 0 Å². The number of nitrogens with zero attached hydrogens (tertiary/aromatic N) is 3. The molecule has 140 valence electrons. The van der Waals surface area contributed by atoms with E-state index in [0.29, 0.717) is 19.0 Å².